The Hall–Kier alpha value is -0.570. The Labute approximate surface area is 114 Å². The van der Waals surface area contributed by atoms with Crippen LogP contribution in [0.1, 0.15) is 43.7 Å². The summed E-state index contributed by atoms with van der Waals surface area (Å²) in [5.74, 6) is 0. The second-order valence-corrected chi connectivity index (χ2v) is 6.00. The molecule has 0 spiro atoms. The average Bonchev–Trinajstić information content (AvgIpc) is 3.17. The predicted molar refractivity (Wildman–Crippen MR) is 75.7 cm³/mol. The van der Waals surface area contributed by atoms with Gasteiger partial charge in [-0.3, -0.25) is 4.90 Å². The Bertz CT molecular complexity index is 417. The highest BCUT2D eigenvalue weighted by Gasteiger charge is 2.38. The zero-order chi connectivity index (χ0) is 12.5. The first-order chi connectivity index (χ1) is 8.77. The third kappa shape index (κ3) is 2.42. The summed E-state index contributed by atoms with van der Waals surface area (Å²) in [6.07, 6.45) is 6.27. The van der Waals surface area contributed by atoms with E-state index in [9.17, 15) is 0 Å². The van der Waals surface area contributed by atoms with Gasteiger partial charge in [0.15, 0.2) is 0 Å². The number of rotatable bonds is 2. The van der Waals surface area contributed by atoms with Crippen LogP contribution in [0.3, 0.4) is 0 Å². The van der Waals surface area contributed by atoms with Gasteiger partial charge < -0.3 is 5.73 Å². The minimum atomic E-state index is 0.216. The Morgan fingerprint density at radius 2 is 1.89 bits per heavy atom. The molecule has 1 saturated heterocycles. The first-order valence-corrected chi connectivity index (χ1v) is 7.41. The van der Waals surface area contributed by atoms with Crippen molar-refractivity contribution in [1.29, 1.82) is 0 Å². The highest BCUT2D eigenvalue weighted by Crippen LogP contribution is 2.40. The molecule has 3 heteroatoms. The van der Waals surface area contributed by atoms with E-state index in [4.69, 9.17) is 17.3 Å². The molecule has 3 rings (SSSR count). The van der Waals surface area contributed by atoms with E-state index < -0.39 is 0 Å². The first kappa shape index (κ1) is 12.5. The standard InChI is InChI=1S/C15H21ClN2/c16-13-6-2-1-5-12(13)15-14(17)7-3-4-10-18(15)11-8-9-11/h1-2,5-6,11,14-15H,3-4,7-10,17H2. The van der Waals surface area contributed by atoms with Crippen LogP contribution in [0.25, 0.3) is 0 Å². The lowest BCUT2D eigenvalue weighted by Crippen LogP contribution is -2.41. The first-order valence-electron chi connectivity index (χ1n) is 7.03. The number of nitrogens with two attached hydrogens (primary N) is 1. The number of nitrogens with zero attached hydrogens (tertiary/aromatic N) is 1. The minimum Gasteiger partial charge on any atom is -0.326 e. The van der Waals surface area contributed by atoms with Crippen molar-refractivity contribution in [2.45, 2.75) is 50.2 Å². The molecule has 1 aromatic carbocycles. The van der Waals surface area contributed by atoms with Gasteiger partial charge in [0.25, 0.3) is 0 Å². The smallest absolute Gasteiger partial charge is 0.0516 e. The van der Waals surface area contributed by atoms with Crippen molar-refractivity contribution < 1.29 is 0 Å². The van der Waals surface area contributed by atoms with E-state index in [0.29, 0.717) is 6.04 Å². The summed E-state index contributed by atoms with van der Waals surface area (Å²) in [6, 6.07) is 9.48. The normalized spacial score (nSPS) is 30.1. The molecule has 1 saturated carbocycles. The average molecular weight is 265 g/mol. The molecule has 0 bridgehead atoms. The maximum absolute atomic E-state index is 6.44. The molecule has 18 heavy (non-hydrogen) atoms. The molecule has 0 aromatic heterocycles. The van der Waals surface area contributed by atoms with Gasteiger partial charge in [0.2, 0.25) is 0 Å². The summed E-state index contributed by atoms with van der Waals surface area (Å²) < 4.78 is 0. The molecule has 2 atom stereocenters. The fourth-order valence-electron chi connectivity index (χ4n) is 3.16. The summed E-state index contributed by atoms with van der Waals surface area (Å²) in [5, 5.41) is 0.866. The lowest BCUT2D eigenvalue weighted by Gasteiger charge is -2.34. The van der Waals surface area contributed by atoms with Gasteiger partial charge in [-0.15, -0.1) is 0 Å². The van der Waals surface area contributed by atoms with Crippen molar-refractivity contribution in [3.63, 3.8) is 0 Å². The van der Waals surface area contributed by atoms with Gasteiger partial charge in [-0.1, -0.05) is 36.2 Å². The SMILES string of the molecule is NC1CCCCN(C2CC2)C1c1ccccc1Cl. The van der Waals surface area contributed by atoms with E-state index in [1.807, 2.05) is 12.1 Å². The quantitative estimate of drug-likeness (QED) is 0.888. The van der Waals surface area contributed by atoms with Gasteiger partial charge in [-0.05, 0) is 43.9 Å². The zero-order valence-electron chi connectivity index (χ0n) is 10.7. The molecule has 2 unspecified atom stereocenters. The minimum absolute atomic E-state index is 0.216. The van der Waals surface area contributed by atoms with E-state index in [0.717, 1.165) is 17.5 Å². The van der Waals surface area contributed by atoms with Crippen LogP contribution in [0.4, 0.5) is 0 Å². The van der Waals surface area contributed by atoms with Crippen LogP contribution in [0.5, 0.6) is 0 Å². The van der Waals surface area contributed by atoms with Gasteiger partial charge in [-0.2, -0.15) is 0 Å². The molecule has 2 aliphatic rings. The molecular weight excluding hydrogens is 244 g/mol. The van der Waals surface area contributed by atoms with Gasteiger partial charge >= 0.3 is 0 Å². The van der Waals surface area contributed by atoms with Crippen molar-refractivity contribution in [3.8, 4) is 0 Å². The van der Waals surface area contributed by atoms with Crippen LogP contribution in [0.2, 0.25) is 5.02 Å². The van der Waals surface area contributed by atoms with Crippen LogP contribution >= 0.6 is 11.6 Å². The monoisotopic (exact) mass is 264 g/mol. The van der Waals surface area contributed by atoms with E-state index in [1.54, 1.807) is 0 Å². The number of hydrogen-bond acceptors (Lipinski definition) is 2. The summed E-state index contributed by atoms with van der Waals surface area (Å²) >= 11 is 6.38. The van der Waals surface area contributed by atoms with Crippen LogP contribution in [0, 0.1) is 0 Å². The summed E-state index contributed by atoms with van der Waals surface area (Å²) in [4.78, 5) is 2.61. The lowest BCUT2D eigenvalue weighted by atomic mass is 9.96. The van der Waals surface area contributed by atoms with Crippen molar-refractivity contribution in [3.05, 3.63) is 34.9 Å². The second kappa shape index (κ2) is 5.20. The van der Waals surface area contributed by atoms with Gasteiger partial charge in [-0.25, -0.2) is 0 Å². The van der Waals surface area contributed by atoms with Crippen molar-refractivity contribution in [2.24, 2.45) is 5.73 Å². The Kier molecular flexibility index (Phi) is 3.60. The molecule has 0 amide bonds. The van der Waals surface area contributed by atoms with Crippen molar-refractivity contribution in [2.75, 3.05) is 6.54 Å². The largest absolute Gasteiger partial charge is 0.326 e. The Morgan fingerprint density at radius 1 is 1.11 bits per heavy atom. The fourth-order valence-corrected chi connectivity index (χ4v) is 3.40. The molecule has 1 aromatic rings. The highest BCUT2D eigenvalue weighted by atomic mass is 35.5. The Balaban J connectivity index is 1.95. The van der Waals surface area contributed by atoms with E-state index in [-0.39, 0.29) is 6.04 Å². The van der Waals surface area contributed by atoms with Crippen molar-refractivity contribution >= 4 is 11.6 Å². The molecule has 1 aliphatic heterocycles. The maximum Gasteiger partial charge on any atom is 0.0516 e. The third-order valence-corrected chi connectivity index (χ3v) is 4.55. The third-order valence-electron chi connectivity index (χ3n) is 4.21. The summed E-state index contributed by atoms with van der Waals surface area (Å²) in [7, 11) is 0. The predicted octanol–water partition coefficient (Wildman–Crippen LogP) is 3.36. The zero-order valence-corrected chi connectivity index (χ0v) is 11.4. The van der Waals surface area contributed by atoms with Gasteiger partial charge in [0.1, 0.15) is 0 Å². The lowest BCUT2D eigenvalue weighted by molar-refractivity contribution is 0.176. The number of halogens is 1. The summed E-state index contributed by atoms with van der Waals surface area (Å²) in [6.45, 7) is 1.17. The van der Waals surface area contributed by atoms with E-state index in [2.05, 4.69) is 17.0 Å². The molecule has 2 N–H and O–H groups in total. The fraction of sp³-hybridized carbons (Fsp3) is 0.600. The van der Waals surface area contributed by atoms with Crippen LogP contribution < -0.4 is 5.73 Å². The molecule has 98 valence electrons. The number of hydrogen-bond donors (Lipinski definition) is 1. The van der Waals surface area contributed by atoms with Gasteiger partial charge in [0, 0.05) is 17.1 Å². The Morgan fingerprint density at radius 3 is 2.61 bits per heavy atom. The molecular formula is C15H21ClN2. The highest BCUT2D eigenvalue weighted by molar-refractivity contribution is 6.31. The maximum atomic E-state index is 6.44. The molecule has 0 radical (unpaired) electrons. The molecule has 1 heterocycles. The molecule has 1 aliphatic carbocycles. The van der Waals surface area contributed by atoms with Gasteiger partial charge in [0.05, 0.1) is 6.04 Å². The van der Waals surface area contributed by atoms with Crippen molar-refractivity contribution in [1.82, 2.24) is 4.90 Å². The number of benzene rings is 1. The summed E-state index contributed by atoms with van der Waals surface area (Å²) in [5.41, 5.74) is 7.66. The van der Waals surface area contributed by atoms with Crippen LogP contribution in [-0.2, 0) is 0 Å². The second-order valence-electron chi connectivity index (χ2n) is 5.59. The van der Waals surface area contributed by atoms with Crippen LogP contribution in [0.15, 0.2) is 24.3 Å². The molecule has 2 fully saturated rings. The topological polar surface area (TPSA) is 29.3 Å². The molecule has 2 nitrogen and oxygen atoms in total. The van der Waals surface area contributed by atoms with E-state index in [1.165, 1.54) is 37.8 Å². The van der Waals surface area contributed by atoms with E-state index >= 15 is 0 Å². The van der Waals surface area contributed by atoms with Crippen LogP contribution in [-0.4, -0.2) is 23.5 Å². The number of likely N-dealkylation sites (tertiary alicyclic amines) is 1.